The van der Waals surface area contributed by atoms with Crippen LogP contribution in [-0.2, 0) is 5.41 Å². The van der Waals surface area contributed by atoms with Gasteiger partial charge in [-0.05, 0) is 108 Å². The van der Waals surface area contributed by atoms with Crippen LogP contribution in [0.1, 0.15) is 22.3 Å². The van der Waals surface area contributed by atoms with Crippen LogP contribution in [-0.4, -0.2) is 0 Å². The molecule has 61 heavy (non-hydrogen) atoms. The normalized spacial score (nSPS) is 14.6. The number of nitrogens with zero attached hydrogens (tertiary/aromatic N) is 1. The van der Waals surface area contributed by atoms with Crippen molar-refractivity contribution >= 4 is 59.3 Å². The predicted octanol–water partition coefficient (Wildman–Crippen LogP) is 16.4. The molecule has 11 aromatic rings. The van der Waals surface area contributed by atoms with Crippen molar-refractivity contribution in [1.82, 2.24) is 0 Å². The van der Waals surface area contributed by atoms with E-state index in [-0.39, 0.29) is 0 Å². The van der Waals surface area contributed by atoms with Gasteiger partial charge in [0.05, 0.1) is 16.8 Å². The van der Waals surface area contributed by atoms with E-state index in [0.717, 1.165) is 11.4 Å². The number of thiophene rings is 1. The third-order valence-electron chi connectivity index (χ3n) is 13.3. The highest BCUT2D eigenvalue weighted by atomic mass is 32.1. The third kappa shape index (κ3) is 4.83. The van der Waals surface area contributed by atoms with Crippen LogP contribution in [0.5, 0.6) is 0 Å². The van der Waals surface area contributed by atoms with E-state index in [1.807, 2.05) is 11.3 Å². The van der Waals surface area contributed by atoms with E-state index in [0.29, 0.717) is 0 Å². The quantitative estimate of drug-likeness (QED) is 0.168. The van der Waals surface area contributed by atoms with E-state index < -0.39 is 5.41 Å². The molecule has 1 unspecified atom stereocenters. The standard InChI is InChI=1S/C59H37NS/c1-3-17-38(18-4-1)42-22-9-13-29-52(42)60(53-30-16-32-55-57(53)48-25-10-14-31-54(48)61-55)41-34-36-46-44-23-7-11-27-49(44)59(51(46)37-41)50-28-12-8-24-45(50)47-26-15-21-40-33-35-43(58(59)56(40)47)39-19-5-2-6-20-39/h1-37H. The first-order valence-electron chi connectivity index (χ1n) is 21.1. The summed E-state index contributed by atoms with van der Waals surface area (Å²) >= 11 is 1.87. The summed E-state index contributed by atoms with van der Waals surface area (Å²) in [5.74, 6) is 0. The van der Waals surface area contributed by atoms with Gasteiger partial charge in [0, 0.05) is 31.4 Å². The Morgan fingerprint density at radius 2 is 0.902 bits per heavy atom. The molecule has 0 N–H and O–H groups in total. The number of anilines is 3. The van der Waals surface area contributed by atoms with Gasteiger partial charge in [0.1, 0.15) is 0 Å². The minimum atomic E-state index is -0.608. The molecule has 1 spiro atoms. The van der Waals surface area contributed by atoms with Gasteiger partial charge in [-0.25, -0.2) is 0 Å². The van der Waals surface area contributed by atoms with Crippen LogP contribution in [0.4, 0.5) is 17.1 Å². The highest BCUT2D eigenvalue weighted by molar-refractivity contribution is 7.26. The van der Waals surface area contributed by atoms with Crippen molar-refractivity contribution in [2.45, 2.75) is 5.41 Å². The molecule has 2 aliphatic carbocycles. The van der Waals surface area contributed by atoms with Crippen molar-refractivity contribution in [2.24, 2.45) is 0 Å². The van der Waals surface area contributed by atoms with Crippen LogP contribution < -0.4 is 4.90 Å². The van der Waals surface area contributed by atoms with Crippen molar-refractivity contribution in [3.63, 3.8) is 0 Å². The van der Waals surface area contributed by atoms with Crippen LogP contribution in [0.25, 0.3) is 75.5 Å². The van der Waals surface area contributed by atoms with Gasteiger partial charge in [-0.2, -0.15) is 0 Å². The minimum Gasteiger partial charge on any atom is -0.309 e. The Bertz CT molecular complexity index is 3550. The molecule has 10 aromatic carbocycles. The highest BCUT2D eigenvalue weighted by Crippen LogP contribution is 2.64. The molecule has 0 amide bonds. The van der Waals surface area contributed by atoms with Crippen LogP contribution in [0.15, 0.2) is 224 Å². The summed E-state index contributed by atoms with van der Waals surface area (Å²) in [5.41, 5.74) is 18.2. The van der Waals surface area contributed by atoms with E-state index in [9.17, 15) is 0 Å². The summed E-state index contributed by atoms with van der Waals surface area (Å²) in [4.78, 5) is 2.54. The number of rotatable bonds is 5. The first kappa shape index (κ1) is 34.4. The molecule has 0 saturated carbocycles. The number of hydrogen-bond donors (Lipinski definition) is 0. The van der Waals surface area contributed by atoms with E-state index in [1.165, 1.54) is 103 Å². The monoisotopic (exact) mass is 791 g/mol. The summed E-state index contributed by atoms with van der Waals surface area (Å²) in [5, 5.41) is 5.15. The largest absolute Gasteiger partial charge is 0.309 e. The maximum atomic E-state index is 2.54. The Kier molecular flexibility index (Phi) is 7.46. The number of fused-ring (bicyclic) bond motifs is 12. The lowest BCUT2D eigenvalue weighted by atomic mass is 9.60. The predicted molar refractivity (Wildman–Crippen MR) is 259 cm³/mol. The Morgan fingerprint density at radius 3 is 1.69 bits per heavy atom. The molecular weight excluding hydrogens is 755 g/mol. The molecule has 2 aliphatic rings. The van der Waals surface area contributed by atoms with Gasteiger partial charge in [-0.1, -0.05) is 188 Å². The molecule has 1 atom stereocenters. The Hall–Kier alpha value is -7.52. The fraction of sp³-hybridized carbons (Fsp3) is 0.0169. The second-order valence-corrected chi connectivity index (χ2v) is 17.4. The second kappa shape index (κ2) is 13.2. The van der Waals surface area contributed by atoms with Gasteiger partial charge in [0.15, 0.2) is 0 Å². The molecular formula is C59H37NS. The lowest BCUT2D eigenvalue weighted by Crippen LogP contribution is -2.32. The van der Waals surface area contributed by atoms with Gasteiger partial charge in [-0.15, -0.1) is 11.3 Å². The summed E-state index contributed by atoms with van der Waals surface area (Å²) in [7, 11) is 0. The fourth-order valence-electron chi connectivity index (χ4n) is 10.9. The van der Waals surface area contributed by atoms with Gasteiger partial charge in [0.25, 0.3) is 0 Å². The molecule has 1 heterocycles. The van der Waals surface area contributed by atoms with Crippen molar-refractivity contribution in [3.05, 3.63) is 247 Å². The van der Waals surface area contributed by atoms with Crippen LogP contribution in [0, 0.1) is 0 Å². The zero-order chi connectivity index (χ0) is 40.1. The average molecular weight is 792 g/mol. The lowest BCUT2D eigenvalue weighted by Gasteiger charge is -2.42. The summed E-state index contributed by atoms with van der Waals surface area (Å²) < 4.78 is 2.58. The zero-order valence-electron chi connectivity index (χ0n) is 33.2. The zero-order valence-corrected chi connectivity index (χ0v) is 34.0. The summed E-state index contributed by atoms with van der Waals surface area (Å²) in [6, 6.07) is 83.8. The van der Waals surface area contributed by atoms with Crippen LogP contribution >= 0.6 is 11.3 Å². The molecule has 0 fully saturated rings. The molecule has 1 nitrogen and oxygen atoms in total. The van der Waals surface area contributed by atoms with Crippen LogP contribution in [0.2, 0.25) is 0 Å². The van der Waals surface area contributed by atoms with E-state index in [4.69, 9.17) is 0 Å². The Balaban J connectivity index is 1.18. The smallest absolute Gasteiger partial charge is 0.0732 e. The summed E-state index contributed by atoms with van der Waals surface area (Å²) in [6.07, 6.45) is 0. The first-order valence-corrected chi connectivity index (χ1v) is 21.9. The topological polar surface area (TPSA) is 3.24 Å². The molecule has 0 bridgehead atoms. The molecule has 0 radical (unpaired) electrons. The minimum absolute atomic E-state index is 0.608. The second-order valence-electron chi connectivity index (χ2n) is 16.3. The molecule has 0 saturated heterocycles. The van der Waals surface area contributed by atoms with Crippen LogP contribution in [0.3, 0.4) is 0 Å². The maximum absolute atomic E-state index is 2.54. The number of benzene rings is 10. The van der Waals surface area contributed by atoms with E-state index in [1.54, 1.807) is 0 Å². The first-order chi connectivity index (χ1) is 30.3. The molecule has 0 aliphatic heterocycles. The van der Waals surface area contributed by atoms with Gasteiger partial charge in [-0.3, -0.25) is 0 Å². The van der Waals surface area contributed by atoms with Gasteiger partial charge in [0.2, 0.25) is 0 Å². The van der Waals surface area contributed by atoms with Crippen molar-refractivity contribution < 1.29 is 0 Å². The fourth-order valence-corrected chi connectivity index (χ4v) is 12.0. The van der Waals surface area contributed by atoms with E-state index >= 15 is 0 Å². The number of para-hydroxylation sites is 1. The Morgan fingerprint density at radius 1 is 0.344 bits per heavy atom. The molecule has 284 valence electrons. The van der Waals surface area contributed by atoms with Gasteiger partial charge < -0.3 is 4.90 Å². The maximum Gasteiger partial charge on any atom is 0.0732 e. The van der Waals surface area contributed by atoms with Crippen molar-refractivity contribution in [2.75, 3.05) is 4.90 Å². The van der Waals surface area contributed by atoms with Crippen molar-refractivity contribution in [3.8, 4) is 44.5 Å². The van der Waals surface area contributed by atoms with Crippen molar-refractivity contribution in [1.29, 1.82) is 0 Å². The highest BCUT2D eigenvalue weighted by Gasteiger charge is 2.51. The van der Waals surface area contributed by atoms with Gasteiger partial charge >= 0.3 is 0 Å². The molecule has 2 heteroatoms. The number of hydrogen-bond acceptors (Lipinski definition) is 2. The SMILES string of the molecule is c1ccc(-c2ccccc2N(c2ccc3c(c2)C2(c4ccccc4-3)c3ccccc3-c3cccc4ccc(-c5ccccc5)c2c34)c2cccc3sc4ccccc4c23)cc1. The Labute approximate surface area is 359 Å². The lowest BCUT2D eigenvalue weighted by molar-refractivity contribution is 0.775. The molecule has 1 aromatic heterocycles. The third-order valence-corrected chi connectivity index (χ3v) is 14.4. The average Bonchev–Trinajstić information content (AvgIpc) is 3.85. The summed E-state index contributed by atoms with van der Waals surface area (Å²) in [6.45, 7) is 0. The van der Waals surface area contributed by atoms with E-state index in [2.05, 4.69) is 229 Å². The molecule has 13 rings (SSSR count).